The van der Waals surface area contributed by atoms with Crippen molar-refractivity contribution in [2.24, 2.45) is 22.7 Å². The molecule has 3 saturated heterocycles. The zero-order valence-electron chi connectivity index (χ0n) is 45.6. The van der Waals surface area contributed by atoms with Crippen LogP contribution in [0.1, 0.15) is 122 Å². The van der Waals surface area contributed by atoms with E-state index >= 15 is 9.59 Å². The van der Waals surface area contributed by atoms with Crippen LogP contribution in [0.4, 0.5) is 5.69 Å². The highest BCUT2D eigenvalue weighted by Crippen LogP contribution is 2.73. The lowest BCUT2D eigenvalue weighted by Gasteiger charge is -2.63. The summed E-state index contributed by atoms with van der Waals surface area (Å²) in [6.45, 7) is 19.6. The van der Waals surface area contributed by atoms with Gasteiger partial charge in [0, 0.05) is 39.5 Å². The maximum Gasteiger partial charge on any atom is 0.343 e. The zero-order valence-corrected chi connectivity index (χ0v) is 46.4. The van der Waals surface area contributed by atoms with Crippen LogP contribution in [0.15, 0.2) is 99.4 Å². The smallest absolute Gasteiger partial charge is 0.343 e. The third-order valence-electron chi connectivity index (χ3n) is 16.8. The molecule has 3 aliphatic carbocycles. The number of Topliss-reactive ketones (excluding diaryl/α,β-unsaturated/α-hetero) is 1. The molecule has 0 radical (unpaired) electrons. The molecule has 408 valence electrons. The van der Waals surface area contributed by atoms with Crippen molar-refractivity contribution in [3.05, 3.63) is 112 Å². The first-order valence-electron chi connectivity index (χ1n) is 26.7. The van der Waals surface area contributed by atoms with Crippen molar-refractivity contribution in [2.75, 3.05) is 13.7 Å². The Bertz CT molecular complexity index is 3090. The Kier molecular flexibility index (Phi) is 13.4. The molecule has 12 rings (SSSR count). The van der Waals surface area contributed by atoms with Gasteiger partial charge in [0.1, 0.15) is 47.3 Å². The Morgan fingerprint density at radius 1 is 0.909 bits per heavy atom. The number of aliphatic imine (C=N–C) groups is 1. The normalized spacial score (nSPS) is 33.3. The molecule has 6 aliphatic heterocycles. The van der Waals surface area contributed by atoms with E-state index in [9.17, 15) is 15.0 Å². The van der Waals surface area contributed by atoms with Crippen molar-refractivity contribution in [3.63, 3.8) is 0 Å². The van der Waals surface area contributed by atoms with E-state index in [1.54, 1.807) is 62.9 Å². The Labute approximate surface area is 454 Å². The van der Waals surface area contributed by atoms with Gasteiger partial charge in [-0.05, 0) is 143 Å². The molecule has 1 spiro atoms. The summed E-state index contributed by atoms with van der Waals surface area (Å²) in [6.07, 6.45) is 6.80. The van der Waals surface area contributed by atoms with Crippen LogP contribution < -0.4 is 18.9 Å². The summed E-state index contributed by atoms with van der Waals surface area (Å²) in [5.74, 6) is -2.34. The van der Waals surface area contributed by atoms with Gasteiger partial charge in [-0.3, -0.25) is 9.79 Å². The first-order valence-corrected chi connectivity index (χ1v) is 27.6. The summed E-state index contributed by atoms with van der Waals surface area (Å²) in [5.41, 5.74) is 1.21. The van der Waals surface area contributed by atoms with Crippen molar-refractivity contribution < 1.29 is 67.2 Å². The number of aliphatic hydroxyl groups excluding tert-OH is 2. The summed E-state index contributed by atoms with van der Waals surface area (Å²) in [7, 11) is 1.33. The molecule has 3 saturated carbocycles. The number of fused-ring (bicyclic) bond motifs is 5. The summed E-state index contributed by atoms with van der Waals surface area (Å²) >= 11 is 1.63. The predicted molar refractivity (Wildman–Crippen MR) is 288 cm³/mol. The van der Waals surface area contributed by atoms with Gasteiger partial charge in [-0.25, -0.2) is 9.59 Å². The van der Waals surface area contributed by atoms with Gasteiger partial charge in [-0.2, -0.15) is 0 Å². The van der Waals surface area contributed by atoms with Crippen LogP contribution in [0, 0.1) is 17.8 Å². The first kappa shape index (κ1) is 53.4. The maximum absolute atomic E-state index is 15.8. The third-order valence-corrected chi connectivity index (χ3v) is 18.2. The van der Waals surface area contributed by atoms with E-state index in [0.717, 1.165) is 16.9 Å². The number of thioether (sulfide) groups is 1. The van der Waals surface area contributed by atoms with Crippen LogP contribution in [-0.4, -0.2) is 112 Å². The standard InChI is InChI=1S/C61H69NO14S/c1-31(2)15-14-26-59(10)27-25-37-48(74-59)36(23-18-32(3)4)50-43(49(37)72-55(67)34-19-21-35(22-20-34)70-56-47(64)46(63)51-40(71-56)30-69-58(8,9)73-51)45-44-52(77-41-17-13-12-16-39(41)62-45)38-29-42-57(6,7)76-60(53(38)65,61(42,44)75-50)28-24-33(5)54(66)68-11/h12-13,15-22,24-25,27,38,40,42,44,46-47,51-52,56,63-64H,14,23,26,28-30H2,1-11H3/t38-,40+,42+,44?,46+,47+,51+,52?,56+,59?,60?,61?/m0/s1. The van der Waals surface area contributed by atoms with E-state index in [1.807, 2.05) is 71.0 Å². The Morgan fingerprint density at radius 3 is 2.38 bits per heavy atom. The molecule has 9 aliphatic rings. The minimum atomic E-state index is -1.58. The number of esters is 2. The lowest BCUT2D eigenvalue weighted by atomic mass is 9.46. The van der Waals surface area contributed by atoms with E-state index in [2.05, 4.69) is 26.0 Å². The van der Waals surface area contributed by atoms with E-state index in [1.165, 1.54) is 12.7 Å². The lowest BCUT2D eigenvalue weighted by molar-refractivity contribution is -0.373. The predicted octanol–water partition coefficient (Wildman–Crippen LogP) is 9.92. The number of para-hydroxylation sites is 1. The van der Waals surface area contributed by atoms with Crippen LogP contribution in [0.3, 0.4) is 0 Å². The van der Waals surface area contributed by atoms with Crippen LogP contribution in [0.25, 0.3) is 6.08 Å². The number of nitrogens with zero attached hydrogens (tertiary/aromatic N) is 1. The second-order valence-electron chi connectivity index (χ2n) is 23.5. The molecule has 2 N–H and O–H groups in total. The van der Waals surface area contributed by atoms with Gasteiger partial charge >= 0.3 is 11.9 Å². The molecule has 16 heteroatoms. The molecular formula is C61H69NO14S. The van der Waals surface area contributed by atoms with Gasteiger partial charge in [0.25, 0.3) is 0 Å². The molecule has 3 aromatic carbocycles. The van der Waals surface area contributed by atoms with Gasteiger partial charge in [0.05, 0.1) is 53.3 Å². The van der Waals surface area contributed by atoms with Crippen LogP contribution >= 0.6 is 11.8 Å². The summed E-state index contributed by atoms with van der Waals surface area (Å²) in [5, 5.41) is 21.8. The minimum Gasteiger partial charge on any atom is -0.482 e. The largest absolute Gasteiger partial charge is 0.482 e. The van der Waals surface area contributed by atoms with Crippen LogP contribution in [-0.2, 0) is 39.7 Å². The molecule has 0 amide bonds. The second kappa shape index (κ2) is 19.3. The molecule has 15 nitrogen and oxygen atoms in total. The van der Waals surface area contributed by atoms with E-state index < -0.39 is 82.7 Å². The Hall–Kier alpha value is -5.59. The molecule has 0 aromatic heterocycles. The van der Waals surface area contributed by atoms with Crippen molar-refractivity contribution >= 4 is 47.0 Å². The maximum atomic E-state index is 15.8. The number of allylic oxidation sites excluding steroid dienone is 4. The highest BCUT2D eigenvalue weighted by atomic mass is 32.2. The van der Waals surface area contributed by atoms with E-state index in [-0.39, 0.29) is 47.0 Å². The average Bonchev–Trinajstić information content (AvgIpc) is 3.62. The van der Waals surface area contributed by atoms with Crippen molar-refractivity contribution in [2.45, 2.75) is 170 Å². The van der Waals surface area contributed by atoms with Gasteiger partial charge < -0.3 is 52.8 Å². The molecule has 77 heavy (non-hydrogen) atoms. The summed E-state index contributed by atoms with van der Waals surface area (Å²) < 4.78 is 58.3. The van der Waals surface area contributed by atoms with Crippen molar-refractivity contribution in [1.29, 1.82) is 0 Å². The number of rotatable bonds is 12. The molecule has 6 fully saturated rings. The Morgan fingerprint density at radius 2 is 1.65 bits per heavy atom. The number of aliphatic hydroxyl groups is 2. The number of ketones is 1. The molecule has 12 atom stereocenters. The topological polar surface area (TPSA) is 187 Å². The number of carbonyl (C=O) groups excluding carboxylic acids is 3. The van der Waals surface area contributed by atoms with Crippen LogP contribution in [0.2, 0.25) is 0 Å². The second-order valence-corrected chi connectivity index (χ2v) is 24.7. The van der Waals surface area contributed by atoms with Crippen LogP contribution in [0.5, 0.6) is 23.0 Å². The number of benzene rings is 3. The third kappa shape index (κ3) is 8.81. The first-order chi connectivity index (χ1) is 36.5. The molecule has 5 unspecified atom stereocenters. The fraction of sp³-hybridized carbons (Fsp3) is 0.508. The lowest BCUT2D eigenvalue weighted by Crippen LogP contribution is -2.79. The van der Waals surface area contributed by atoms with Crippen molar-refractivity contribution in [3.8, 4) is 23.0 Å². The average molecular weight is 1070 g/mol. The summed E-state index contributed by atoms with van der Waals surface area (Å²) in [6, 6.07) is 14.2. The number of hydrogen-bond acceptors (Lipinski definition) is 16. The fourth-order valence-electron chi connectivity index (χ4n) is 13.1. The van der Waals surface area contributed by atoms with Gasteiger partial charge in [-0.1, -0.05) is 41.5 Å². The van der Waals surface area contributed by atoms with E-state index in [4.69, 9.17) is 47.6 Å². The SMILES string of the molecule is COC(=O)C(C)=CCC12OC(C)(C)[C@H]3C[C@H](C1=O)C1Sc4ccccc4N=C4c5c(OC(=O)c6ccc(O[C@@H]7O[C@@H]8COC(C)(C)O[C@H]8[C@H](O)[C@H]7O)cc6)c6c(c(CC=C(C)C)c5OC32C41)OC(C)(CCC=C(C)C)C=C6. The Balaban J connectivity index is 1.08. The monoisotopic (exact) mass is 1070 g/mol. The fourth-order valence-corrected chi connectivity index (χ4v) is 14.6. The van der Waals surface area contributed by atoms with E-state index in [0.29, 0.717) is 64.4 Å². The molecular weight excluding hydrogens is 1000 g/mol. The quantitative estimate of drug-likeness (QED) is 0.0755. The van der Waals surface area contributed by atoms with Gasteiger partial charge in [-0.15, -0.1) is 11.8 Å². The highest BCUT2D eigenvalue weighted by Gasteiger charge is 2.85. The van der Waals surface area contributed by atoms with Gasteiger partial charge in [0.15, 0.2) is 28.5 Å². The molecule has 6 heterocycles. The zero-order chi connectivity index (χ0) is 54.7. The van der Waals surface area contributed by atoms with Gasteiger partial charge in [0.2, 0.25) is 6.29 Å². The number of ether oxygens (including phenoxy) is 9. The number of methoxy groups -OCH3 is 1. The number of carbonyl (C=O) groups is 3. The highest BCUT2D eigenvalue weighted by molar-refractivity contribution is 8.00. The minimum absolute atomic E-state index is 0.0405. The summed E-state index contributed by atoms with van der Waals surface area (Å²) in [4.78, 5) is 50.4. The molecule has 4 bridgehead atoms. The molecule has 3 aromatic rings. The van der Waals surface area contributed by atoms with Crippen molar-refractivity contribution in [1.82, 2.24) is 0 Å². The number of hydrogen-bond donors (Lipinski definition) is 2.